The molecule has 2 aliphatic heterocycles. The number of nitrogens with zero attached hydrogens (tertiary/aromatic N) is 3. The average Bonchev–Trinajstić information content (AvgIpc) is 3.18. The Kier molecular flexibility index (Phi) is 5.25. The zero-order valence-corrected chi connectivity index (χ0v) is 17.9. The lowest BCUT2D eigenvalue weighted by Gasteiger charge is -2.18. The molecule has 1 aromatic heterocycles. The maximum absolute atomic E-state index is 13.7. The van der Waals surface area contributed by atoms with E-state index in [0.29, 0.717) is 0 Å². The fourth-order valence-corrected chi connectivity index (χ4v) is 6.03. The third-order valence-corrected chi connectivity index (χ3v) is 7.48. The number of hydrogen-bond donors (Lipinski definition) is 0. The Bertz CT molecular complexity index is 1010. The zero-order chi connectivity index (χ0) is 19.8. The molecule has 0 amide bonds. The van der Waals surface area contributed by atoms with Crippen LogP contribution in [0, 0.1) is 5.82 Å². The summed E-state index contributed by atoms with van der Waals surface area (Å²) in [6, 6.07) is 11.2. The van der Waals surface area contributed by atoms with Crippen LogP contribution in [-0.4, -0.2) is 18.5 Å². The second-order valence-electron chi connectivity index (χ2n) is 6.59. The van der Waals surface area contributed by atoms with Crippen LogP contribution >= 0.6 is 23.5 Å². The predicted molar refractivity (Wildman–Crippen MR) is 117 cm³/mol. The molecule has 0 bridgehead atoms. The van der Waals surface area contributed by atoms with E-state index in [-0.39, 0.29) is 5.82 Å². The minimum atomic E-state index is -0.201. The van der Waals surface area contributed by atoms with Gasteiger partial charge >= 0.3 is 0 Å². The van der Waals surface area contributed by atoms with Gasteiger partial charge in [-0.3, -0.25) is 0 Å². The van der Waals surface area contributed by atoms with Gasteiger partial charge in [-0.2, -0.15) is 4.57 Å². The third-order valence-electron chi connectivity index (χ3n) is 4.95. The summed E-state index contributed by atoms with van der Waals surface area (Å²) in [5.41, 5.74) is 3.21. The Morgan fingerprint density at radius 3 is 2.75 bits per heavy atom. The van der Waals surface area contributed by atoms with Gasteiger partial charge in [0.05, 0.1) is 26.3 Å². The van der Waals surface area contributed by atoms with Crippen LogP contribution in [-0.2, 0) is 6.54 Å². The van der Waals surface area contributed by atoms with Crippen LogP contribution in [0.4, 0.5) is 10.1 Å². The van der Waals surface area contributed by atoms with Crippen LogP contribution < -0.4 is 9.47 Å². The summed E-state index contributed by atoms with van der Waals surface area (Å²) < 4.78 is 15.9. The number of anilines is 1. The lowest BCUT2D eigenvalue weighted by atomic mass is 10.3. The number of aromatic nitrogens is 1. The van der Waals surface area contributed by atoms with Crippen molar-refractivity contribution in [1.82, 2.24) is 4.90 Å². The maximum Gasteiger partial charge on any atom is 0.207 e. The summed E-state index contributed by atoms with van der Waals surface area (Å²) in [5.74, 6) is -0.201. The molecule has 0 saturated carbocycles. The van der Waals surface area contributed by atoms with Gasteiger partial charge in [0.2, 0.25) is 5.69 Å². The summed E-state index contributed by atoms with van der Waals surface area (Å²) in [4.78, 5) is 6.47. The highest BCUT2D eigenvalue weighted by atomic mass is 32.2. The number of benzene rings is 1. The lowest BCUT2D eigenvalue weighted by Crippen LogP contribution is -2.35. The van der Waals surface area contributed by atoms with Crippen molar-refractivity contribution in [3.63, 3.8) is 0 Å². The number of rotatable bonds is 3. The fraction of sp³-hybridized carbons (Fsp3) is 0.227. The first-order valence-corrected chi connectivity index (χ1v) is 11.0. The highest BCUT2D eigenvalue weighted by Gasteiger charge is 2.34. The molecular formula is C22H23FN3S2+. The minimum Gasteiger partial charge on any atom is -0.337 e. The number of likely N-dealkylation sites (N-methyl/N-ethyl adjacent to an activating group) is 1. The molecule has 3 heterocycles. The molecule has 4 rings (SSSR count). The van der Waals surface area contributed by atoms with Gasteiger partial charge in [0.25, 0.3) is 0 Å². The third kappa shape index (κ3) is 3.25. The van der Waals surface area contributed by atoms with Gasteiger partial charge in [-0.05, 0) is 38.1 Å². The van der Waals surface area contributed by atoms with Gasteiger partial charge in [0, 0.05) is 36.7 Å². The van der Waals surface area contributed by atoms with Crippen LogP contribution in [0.25, 0.3) is 6.08 Å². The number of aryl methyl sites for hydroxylation is 1. The molecule has 0 atom stereocenters. The normalized spacial score (nSPS) is 20.4. The second kappa shape index (κ2) is 7.68. The first kappa shape index (κ1) is 19.2. The van der Waals surface area contributed by atoms with E-state index in [1.54, 1.807) is 29.6 Å². The van der Waals surface area contributed by atoms with Crippen LogP contribution in [0.15, 0.2) is 74.7 Å². The van der Waals surface area contributed by atoms with E-state index < -0.39 is 0 Å². The van der Waals surface area contributed by atoms with Crippen molar-refractivity contribution in [2.24, 2.45) is 0 Å². The Labute approximate surface area is 174 Å². The molecule has 2 aromatic rings. The molecule has 1 saturated heterocycles. The molecular weight excluding hydrogens is 389 g/mol. The minimum absolute atomic E-state index is 0.201. The number of halogens is 1. The standard InChI is InChI=1S/C22H23FN3S2/c1-5-25-12-8-7-9-17(25)14-20-26(6-2)15(3)21(28-20)22-24(4)18-11-10-16(23)13-19(18)27-22/h7-14H,3,5-6H2,1-2,4H3/q+1/b22-21+. The van der Waals surface area contributed by atoms with E-state index in [1.807, 2.05) is 13.1 Å². The molecule has 3 nitrogen and oxygen atoms in total. The van der Waals surface area contributed by atoms with Crippen molar-refractivity contribution in [3.8, 4) is 0 Å². The average molecular weight is 413 g/mol. The maximum atomic E-state index is 13.7. The molecule has 0 N–H and O–H groups in total. The molecule has 0 spiro atoms. The van der Waals surface area contributed by atoms with Gasteiger partial charge in [-0.1, -0.05) is 30.1 Å². The summed E-state index contributed by atoms with van der Waals surface area (Å²) in [6.45, 7) is 10.4. The summed E-state index contributed by atoms with van der Waals surface area (Å²) in [7, 11) is 2.03. The topological polar surface area (TPSA) is 10.4 Å². The van der Waals surface area contributed by atoms with Crippen molar-refractivity contribution in [3.05, 3.63) is 81.3 Å². The van der Waals surface area contributed by atoms with Gasteiger partial charge in [-0.15, -0.1) is 0 Å². The molecule has 28 heavy (non-hydrogen) atoms. The summed E-state index contributed by atoms with van der Waals surface area (Å²) in [6.07, 6.45) is 4.32. The van der Waals surface area contributed by atoms with E-state index in [2.05, 4.69) is 65.3 Å². The molecule has 144 valence electrons. The summed E-state index contributed by atoms with van der Waals surface area (Å²) in [5, 5.41) is 2.27. The van der Waals surface area contributed by atoms with Crippen molar-refractivity contribution in [2.45, 2.75) is 25.3 Å². The van der Waals surface area contributed by atoms with E-state index in [0.717, 1.165) is 39.3 Å². The van der Waals surface area contributed by atoms with Crippen molar-refractivity contribution < 1.29 is 8.96 Å². The molecule has 0 aliphatic carbocycles. The second-order valence-corrected chi connectivity index (χ2v) is 8.66. The van der Waals surface area contributed by atoms with Crippen LogP contribution in [0.5, 0.6) is 0 Å². The van der Waals surface area contributed by atoms with Gasteiger partial charge in [0.1, 0.15) is 12.4 Å². The molecule has 1 aromatic carbocycles. The van der Waals surface area contributed by atoms with Gasteiger partial charge in [0.15, 0.2) is 6.20 Å². The fourth-order valence-electron chi connectivity index (χ4n) is 3.46. The Morgan fingerprint density at radius 2 is 2.00 bits per heavy atom. The lowest BCUT2D eigenvalue weighted by molar-refractivity contribution is -0.695. The van der Waals surface area contributed by atoms with Crippen LogP contribution in [0.3, 0.4) is 0 Å². The van der Waals surface area contributed by atoms with E-state index in [1.165, 1.54) is 16.8 Å². The molecule has 0 radical (unpaired) electrons. The predicted octanol–water partition coefficient (Wildman–Crippen LogP) is 5.43. The Balaban J connectivity index is 1.74. The smallest absolute Gasteiger partial charge is 0.207 e. The van der Waals surface area contributed by atoms with Crippen LogP contribution in [0.2, 0.25) is 0 Å². The number of fused-ring (bicyclic) bond motifs is 1. The van der Waals surface area contributed by atoms with E-state index >= 15 is 0 Å². The monoisotopic (exact) mass is 412 g/mol. The zero-order valence-electron chi connectivity index (χ0n) is 16.3. The van der Waals surface area contributed by atoms with Crippen molar-refractivity contribution in [1.29, 1.82) is 0 Å². The SMILES string of the molecule is C=C1/C(=C2\Sc3cc(F)ccc3N2C)S/C(=C\c2cccc[n+]2CC)N1CC. The molecule has 2 aliphatic rings. The number of thioether (sulfide) groups is 2. The quantitative estimate of drug-likeness (QED) is 0.622. The highest BCUT2D eigenvalue weighted by Crippen LogP contribution is 2.54. The van der Waals surface area contributed by atoms with Crippen molar-refractivity contribution >= 4 is 35.3 Å². The molecule has 6 heteroatoms. The van der Waals surface area contributed by atoms with Gasteiger partial charge < -0.3 is 9.80 Å². The first-order chi connectivity index (χ1) is 13.5. The highest BCUT2D eigenvalue weighted by molar-refractivity contribution is 8.09. The van der Waals surface area contributed by atoms with Gasteiger partial charge in [-0.25, -0.2) is 4.39 Å². The Morgan fingerprint density at radius 1 is 1.18 bits per heavy atom. The summed E-state index contributed by atoms with van der Waals surface area (Å²) >= 11 is 3.35. The number of hydrogen-bond acceptors (Lipinski definition) is 4. The first-order valence-electron chi connectivity index (χ1n) is 9.33. The Hall–Kier alpha value is -2.18. The van der Waals surface area contributed by atoms with Crippen molar-refractivity contribution in [2.75, 3.05) is 18.5 Å². The number of pyridine rings is 1. The molecule has 1 fully saturated rings. The van der Waals surface area contributed by atoms with E-state index in [4.69, 9.17) is 0 Å². The largest absolute Gasteiger partial charge is 0.337 e. The molecule has 0 unspecified atom stereocenters. The van der Waals surface area contributed by atoms with E-state index in [9.17, 15) is 4.39 Å². The van der Waals surface area contributed by atoms with Crippen LogP contribution in [0.1, 0.15) is 19.5 Å².